The minimum atomic E-state index is -0.601. The number of methoxy groups -OCH3 is 1. The monoisotopic (exact) mass is 217 g/mol. The van der Waals surface area contributed by atoms with Crippen LogP contribution < -0.4 is 0 Å². The van der Waals surface area contributed by atoms with Gasteiger partial charge in [0.25, 0.3) is 0 Å². The normalized spacial score (nSPS) is 13.2. The van der Waals surface area contributed by atoms with Crippen molar-refractivity contribution in [1.82, 2.24) is 4.90 Å². The van der Waals surface area contributed by atoms with Gasteiger partial charge in [0.15, 0.2) is 0 Å². The number of nitrogens with zero attached hydrogens (tertiary/aromatic N) is 1. The van der Waals surface area contributed by atoms with Crippen LogP contribution in [-0.2, 0) is 14.3 Å². The molecule has 4 nitrogen and oxygen atoms in total. The molecule has 82 valence electrons. The maximum Gasteiger partial charge on any atom is 0.385 e. The van der Waals surface area contributed by atoms with Gasteiger partial charge in [0, 0.05) is 36.9 Å². The molecule has 16 heavy (non-hydrogen) atoms. The number of carbonyl (C=O) groups excluding carboxylic acids is 1. The predicted molar refractivity (Wildman–Crippen MR) is 57.7 cm³/mol. The lowest BCUT2D eigenvalue weighted by Crippen LogP contribution is -2.32. The summed E-state index contributed by atoms with van der Waals surface area (Å²) < 4.78 is 9.48. The van der Waals surface area contributed by atoms with E-state index >= 15 is 0 Å². The van der Waals surface area contributed by atoms with Crippen LogP contribution in [0.5, 0.6) is 0 Å². The molecule has 1 aliphatic rings. The lowest BCUT2D eigenvalue weighted by atomic mass is 10.4. The Balaban J connectivity index is 2.37. The van der Waals surface area contributed by atoms with Crippen molar-refractivity contribution in [1.29, 1.82) is 0 Å². The summed E-state index contributed by atoms with van der Waals surface area (Å²) in [5.41, 5.74) is 0. The van der Waals surface area contributed by atoms with Crippen molar-refractivity contribution >= 4 is 5.97 Å². The van der Waals surface area contributed by atoms with Gasteiger partial charge in [0.1, 0.15) is 0 Å². The second-order valence-corrected chi connectivity index (χ2v) is 2.83. The van der Waals surface area contributed by atoms with Crippen LogP contribution in [0.15, 0.2) is 0 Å². The van der Waals surface area contributed by atoms with Crippen LogP contribution >= 0.6 is 0 Å². The zero-order chi connectivity index (χ0) is 11.6. The average Bonchev–Trinajstić information content (AvgIpc) is 2.34. The van der Waals surface area contributed by atoms with Gasteiger partial charge in [-0.15, -0.1) is 0 Å². The number of rotatable bonds is 0. The summed E-state index contributed by atoms with van der Waals surface area (Å²) in [7, 11) is 1.27. The summed E-state index contributed by atoms with van der Waals surface area (Å²) in [6, 6.07) is 2.87. The van der Waals surface area contributed by atoms with Gasteiger partial charge >= 0.3 is 5.97 Å². The third-order valence-electron chi connectivity index (χ3n) is 1.76. The number of morpholine rings is 1. The maximum absolute atomic E-state index is 10.6. The van der Waals surface area contributed by atoms with Gasteiger partial charge in [-0.05, 0) is 11.8 Å². The SMILES string of the molecule is COC(=O)C#CC#CC#CN1CCOCC1. The average molecular weight is 217 g/mol. The van der Waals surface area contributed by atoms with E-state index in [1.54, 1.807) is 0 Å². The van der Waals surface area contributed by atoms with Crippen LogP contribution in [0.4, 0.5) is 0 Å². The first-order chi connectivity index (χ1) is 7.83. The second kappa shape index (κ2) is 7.23. The smallest absolute Gasteiger partial charge is 0.385 e. The Morgan fingerprint density at radius 2 is 1.88 bits per heavy atom. The van der Waals surface area contributed by atoms with E-state index in [1.807, 2.05) is 4.90 Å². The second-order valence-electron chi connectivity index (χ2n) is 2.83. The van der Waals surface area contributed by atoms with Crippen LogP contribution in [0.25, 0.3) is 0 Å². The predicted octanol–water partition coefficient (Wildman–Crippen LogP) is -0.541. The lowest BCUT2D eigenvalue weighted by Gasteiger charge is -2.22. The molecule has 0 spiro atoms. The molecule has 1 fully saturated rings. The molecule has 0 radical (unpaired) electrons. The largest absolute Gasteiger partial charge is 0.459 e. The van der Waals surface area contributed by atoms with Crippen molar-refractivity contribution in [2.24, 2.45) is 0 Å². The van der Waals surface area contributed by atoms with Gasteiger partial charge < -0.3 is 14.4 Å². The Morgan fingerprint density at radius 3 is 2.56 bits per heavy atom. The lowest BCUT2D eigenvalue weighted by molar-refractivity contribution is -0.133. The number of ether oxygens (including phenoxy) is 2. The van der Waals surface area contributed by atoms with E-state index in [-0.39, 0.29) is 0 Å². The molecular weight excluding hydrogens is 206 g/mol. The van der Waals surface area contributed by atoms with Crippen molar-refractivity contribution in [3.05, 3.63) is 0 Å². The van der Waals surface area contributed by atoms with Crippen LogP contribution in [0, 0.1) is 35.6 Å². The van der Waals surface area contributed by atoms with E-state index in [1.165, 1.54) is 7.11 Å². The third-order valence-corrected chi connectivity index (χ3v) is 1.76. The molecule has 0 aliphatic carbocycles. The summed E-state index contributed by atoms with van der Waals surface area (Å²) in [6.45, 7) is 2.99. The topological polar surface area (TPSA) is 38.8 Å². The first-order valence-electron chi connectivity index (χ1n) is 4.75. The molecule has 1 aliphatic heterocycles. The summed E-state index contributed by atoms with van der Waals surface area (Å²) in [6.07, 6.45) is 0. The molecule has 1 saturated heterocycles. The highest BCUT2D eigenvalue weighted by molar-refractivity contribution is 5.88. The molecule has 0 amide bonds. The molecular formula is C12H11NO3. The molecule has 1 rings (SSSR count). The Hall–Kier alpha value is -2.09. The molecule has 0 aromatic carbocycles. The first-order valence-corrected chi connectivity index (χ1v) is 4.75. The summed E-state index contributed by atoms with van der Waals surface area (Å²) in [4.78, 5) is 12.5. The van der Waals surface area contributed by atoms with Gasteiger partial charge in [-0.3, -0.25) is 0 Å². The van der Waals surface area contributed by atoms with Crippen LogP contribution in [0.1, 0.15) is 0 Å². The number of hydrogen-bond acceptors (Lipinski definition) is 4. The molecule has 0 aromatic heterocycles. The minimum absolute atomic E-state index is 0.601. The molecule has 0 N–H and O–H groups in total. The number of esters is 1. The third kappa shape index (κ3) is 4.96. The Morgan fingerprint density at radius 1 is 1.19 bits per heavy atom. The highest BCUT2D eigenvalue weighted by atomic mass is 16.5. The fourth-order valence-corrected chi connectivity index (χ4v) is 0.978. The molecule has 0 atom stereocenters. The minimum Gasteiger partial charge on any atom is -0.459 e. The zero-order valence-electron chi connectivity index (χ0n) is 9.00. The molecule has 0 aromatic rings. The van der Waals surface area contributed by atoms with Gasteiger partial charge in [0.2, 0.25) is 0 Å². The molecule has 1 heterocycles. The van der Waals surface area contributed by atoms with Gasteiger partial charge in [-0.1, -0.05) is 0 Å². The van der Waals surface area contributed by atoms with Gasteiger partial charge in [-0.2, -0.15) is 0 Å². The highest BCUT2D eigenvalue weighted by Crippen LogP contribution is 1.92. The molecule has 0 saturated carbocycles. The Labute approximate surface area is 94.9 Å². The fourth-order valence-electron chi connectivity index (χ4n) is 0.978. The van der Waals surface area contributed by atoms with Crippen molar-refractivity contribution in [2.45, 2.75) is 0 Å². The Bertz CT molecular complexity index is 416. The van der Waals surface area contributed by atoms with Crippen LogP contribution in [-0.4, -0.2) is 44.3 Å². The standard InChI is InChI=1S/C12H11NO3/c1-15-12(14)6-4-2-3-5-7-13-8-10-16-11-9-13/h8-11H2,1H3. The summed E-state index contributed by atoms with van der Waals surface area (Å²) in [5, 5.41) is 0. The van der Waals surface area contributed by atoms with Gasteiger partial charge in [-0.25, -0.2) is 4.79 Å². The van der Waals surface area contributed by atoms with E-state index in [0.717, 1.165) is 13.1 Å². The van der Waals surface area contributed by atoms with E-state index in [4.69, 9.17) is 4.74 Å². The first kappa shape index (κ1) is 12.0. The van der Waals surface area contributed by atoms with Crippen molar-refractivity contribution in [3.8, 4) is 35.6 Å². The zero-order valence-corrected chi connectivity index (χ0v) is 9.00. The quantitative estimate of drug-likeness (QED) is 0.310. The van der Waals surface area contributed by atoms with Crippen LogP contribution in [0.2, 0.25) is 0 Å². The fraction of sp³-hybridized carbons (Fsp3) is 0.417. The van der Waals surface area contributed by atoms with E-state index in [2.05, 4.69) is 40.4 Å². The number of hydrogen-bond donors (Lipinski definition) is 0. The van der Waals surface area contributed by atoms with Crippen molar-refractivity contribution in [3.63, 3.8) is 0 Å². The van der Waals surface area contributed by atoms with Crippen molar-refractivity contribution in [2.75, 3.05) is 33.4 Å². The molecule has 4 heteroatoms. The summed E-state index contributed by atoms with van der Waals surface area (Å²) >= 11 is 0. The highest BCUT2D eigenvalue weighted by Gasteiger charge is 2.04. The van der Waals surface area contributed by atoms with E-state index in [9.17, 15) is 4.79 Å². The van der Waals surface area contributed by atoms with Crippen LogP contribution in [0.3, 0.4) is 0 Å². The van der Waals surface area contributed by atoms with E-state index < -0.39 is 5.97 Å². The molecule has 0 bridgehead atoms. The van der Waals surface area contributed by atoms with Gasteiger partial charge in [0.05, 0.1) is 20.3 Å². The maximum atomic E-state index is 10.6. The Kier molecular flexibility index (Phi) is 5.42. The summed E-state index contributed by atoms with van der Waals surface area (Å²) in [5.74, 6) is 11.6. The van der Waals surface area contributed by atoms with E-state index in [0.29, 0.717) is 13.2 Å². The van der Waals surface area contributed by atoms with Crippen molar-refractivity contribution < 1.29 is 14.3 Å². The molecule has 0 unspecified atom stereocenters. The number of carbonyl (C=O) groups is 1.